The Morgan fingerprint density at radius 3 is 1.48 bits per heavy atom. The molecule has 0 spiro atoms. The van der Waals surface area contributed by atoms with Gasteiger partial charge in [0.05, 0.1) is 26.4 Å². The number of unbranched alkanes of at least 4 members (excludes halogenated alkanes) is 14. The molecule has 3 N–H and O–H groups in total. The van der Waals surface area contributed by atoms with E-state index in [9.17, 15) is 19.4 Å². The van der Waals surface area contributed by atoms with Crippen LogP contribution in [0.3, 0.4) is 0 Å². The van der Waals surface area contributed by atoms with Crippen LogP contribution in [0, 0.1) is 0 Å². The van der Waals surface area contributed by atoms with E-state index in [-0.39, 0.29) is 13.0 Å². The Morgan fingerprint density at radius 1 is 0.552 bits per heavy atom. The van der Waals surface area contributed by atoms with Crippen molar-refractivity contribution in [2.24, 2.45) is 0 Å². The van der Waals surface area contributed by atoms with Gasteiger partial charge in [0.25, 0.3) is 0 Å². The number of esters is 1. The molecule has 334 valence electrons. The lowest BCUT2D eigenvalue weighted by atomic mass is 10.1. The second-order valence-corrected chi connectivity index (χ2v) is 16.1. The molecule has 9 nitrogen and oxygen atoms in total. The van der Waals surface area contributed by atoms with E-state index in [1.54, 1.807) is 0 Å². The molecule has 0 heterocycles. The Hall–Kier alpha value is -2.36. The standard InChI is InChI=1S/C48H83O9P/c1-3-5-7-9-11-13-15-17-19-21-22-23-24-25-26-28-30-32-34-36-38-40-48(51)57-47(45-56-58(52,53)55-43-46(50)42-49)44-54-41-39-37-35-33-31-29-27-20-18-16-14-12-10-8-6-4-2/h5,7,11-14,17-20,22-23,25-26,46-47,49-50H,3-4,6,8-10,15-16,21,24,27-45H2,1-2H3,(H,52,53)/b7-5-,13-11-,14-12-,19-17-,20-18-,23-22-,26-25-. The smallest absolute Gasteiger partial charge is 0.457 e. The van der Waals surface area contributed by atoms with Crippen molar-refractivity contribution in [3.63, 3.8) is 0 Å². The third-order valence-electron chi connectivity index (χ3n) is 9.06. The molecule has 0 aliphatic carbocycles. The van der Waals surface area contributed by atoms with Crippen molar-refractivity contribution < 1.29 is 43.0 Å². The average molecular weight is 835 g/mol. The summed E-state index contributed by atoms with van der Waals surface area (Å²) in [7, 11) is -4.53. The van der Waals surface area contributed by atoms with E-state index in [2.05, 4.69) is 98.9 Å². The number of phosphoric ester groups is 1. The van der Waals surface area contributed by atoms with Crippen molar-refractivity contribution in [1.82, 2.24) is 0 Å². The fourth-order valence-electron chi connectivity index (χ4n) is 5.65. The highest BCUT2D eigenvalue weighted by Gasteiger charge is 2.26. The number of hydrogen-bond acceptors (Lipinski definition) is 8. The van der Waals surface area contributed by atoms with E-state index in [4.69, 9.17) is 23.6 Å². The van der Waals surface area contributed by atoms with Crippen LogP contribution in [0.1, 0.15) is 168 Å². The second-order valence-electron chi connectivity index (χ2n) is 14.7. The van der Waals surface area contributed by atoms with Gasteiger partial charge in [-0.1, -0.05) is 157 Å². The summed E-state index contributed by atoms with van der Waals surface area (Å²) in [5.41, 5.74) is 0. The van der Waals surface area contributed by atoms with E-state index in [1.165, 1.54) is 44.9 Å². The molecule has 0 fully saturated rings. The molecule has 0 saturated heterocycles. The molecule has 0 rings (SSSR count). The van der Waals surface area contributed by atoms with Gasteiger partial charge in [-0.25, -0.2) is 4.57 Å². The molecule has 58 heavy (non-hydrogen) atoms. The molecule has 0 aromatic rings. The predicted molar refractivity (Wildman–Crippen MR) is 242 cm³/mol. The summed E-state index contributed by atoms with van der Waals surface area (Å²) in [6, 6.07) is 0. The van der Waals surface area contributed by atoms with Gasteiger partial charge in [0, 0.05) is 13.0 Å². The van der Waals surface area contributed by atoms with Gasteiger partial charge >= 0.3 is 13.8 Å². The second kappa shape index (κ2) is 44.2. The van der Waals surface area contributed by atoms with Gasteiger partial charge in [-0.15, -0.1) is 0 Å². The van der Waals surface area contributed by atoms with Gasteiger partial charge in [0.2, 0.25) is 0 Å². The summed E-state index contributed by atoms with van der Waals surface area (Å²) in [6.07, 6.45) is 53.9. The third kappa shape index (κ3) is 43.2. The number of rotatable bonds is 42. The molecular formula is C48H83O9P. The summed E-state index contributed by atoms with van der Waals surface area (Å²) in [6.45, 7) is 3.31. The fraction of sp³-hybridized carbons (Fsp3) is 0.688. The first-order valence-corrected chi connectivity index (χ1v) is 24.1. The maximum Gasteiger partial charge on any atom is 0.472 e. The zero-order chi connectivity index (χ0) is 42.5. The van der Waals surface area contributed by atoms with Crippen LogP contribution in [0.5, 0.6) is 0 Å². The SMILES string of the molecule is CC/C=C\C/C=C\C/C=C\C/C=C\C/C=C\CCCCCCCC(=O)OC(COCCCCCCCC/C=C\C/C=C\CCCCC)COP(=O)(O)OCC(O)CO. The van der Waals surface area contributed by atoms with Crippen molar-refractivity contribution >= 4 is 13.8 Å². The molecule has 10 heteroatoms. The van der Waals surface area contributed by atoms with Gasteiger partial charge in [-0.05, 0) is 89.9 Å². The average Bonchev–Trinajstić information content (AvgIpc) is 3.21. The molecule has 0 saturated carbocycles. The Labute approximate surface area is 354 Å². The minimum atomic E-state index is -4.53. The van der Waals surface area contributed by atoms with Crippen LogP contribution < -0.4 is 0 Å². The van der Waals surface area contributed by atoms with Crippen molar-refractivity contribution in [3.05, 3.63) is 85.1 Å². The number of allylic oxidation sites excluding steroid dienone is 14. The number of carbonyl (C=O) groups excluding carboxylic acids is 1. The van der Waals surface area contributed by atoms with Crippen molar-refractivity contribution in [2.45, 2.75) is 180 Å². The molecule has 0 aliphatic heterocycles. The van der Waals surface area contributed by atoms with E-state index in [0.29, 0.717) is 13.0 Å². The molecule has 0 bridgehead atoms. The van der Waals surface area contributed by atoms with E-state index in [1.807, 2.05) is 0 Å². The van der Waals surface area contributed by atoms with Crippen molar-refractivity contribution in [2.75, 3.05) is 33.0 Å². The summed E-state index contributed by atoms with van der Waals surface area (Å²) in [5, 5.41) is 18.4. The van der Waals surface area contributed by atoms with Crippen LogP contribution in [0.4, 0.5) is 0 Å². The summed E-state index contributed by atoms with van der Waals surface area (Å²) in [4.78, 5) is 22.6. The lowest BCUT2D eigenvalue weighted by Crippen LogP contribution is -2.29. The maximum absolute atomic E-state index is 12.6. The third-order valence-corrected chi connectivity index (χ3v) is 10.0. The normalized spacial score (nSPS) is 14.8. The Morgan fingerprint density at radius 2 is 0.983 bits per heavy atom. The first-order valence-electron chi connectivity index (χ1n) is 22.6. The number of carbonyl (C=O) groups is 1. The minimum Gasteiger partial charge on any atom is -0.457 e. The maximum atomic E-state index is 12.6. The van der Waals surface area contributed by atoms with Gasteiger partial charge < -0.3 is 24.6 Å². The number of hydrogen-bond donors (Lipinski definition) is 3. The quantitative estimate of drug-likeness (QED) is 0.0238. The monoisotopic (exact) mass is 835 g/mol. The Kier molecular flexibility index (Phi) is 42.4. The van der Waals surface area contributed by atoms with Crippen LogP contribution in [0.25, 0.3) is 0 Å². The van der Waals surface area contributed by atoms with Crippen LogP contribution in [-0.2, 0) is 27.9 Å². The fourth-order valence-corrected chi connectivity index (χ4v) is 6.44. The van der Waals surface area contributed by atoms with Crippen molar-refractivity contribution in [1.29, 1.82) is 0 Å². The van der Waals surface area contributed by atoms with Crippen LogP contribution in [0.15, 0.2) is 85.1 Å². The molecule has 0 radical (unpaired) electrons. The molecule has 0 amide bonds. The molecule has 0 aromatic heterocycles. The lowest BCUT2D eigenvalue weighted by molar-refractivity contribution is -0.154. The first-order chi connectivity index (χ1) is 28.3. The molecule has 0 aromatic carbocycles. The van der Waals surface area contributed by atoms with Gasteiger partial charge in [0.1, 0.15) is 12.2 Å². The Balaban J connectivity index is 4.24. The van der Waals surface area contributed by atoms with Crippen LogP contribution >= 0.6 is 7.82 Å². The number of aliphatic hydroxyl groups excluding tert-OH is 2. The largest absolute Gasteiger partial charge is 0.472 e. The highest BCUT2D eigenvalue weighted by atomic mass is 31.2. The minimum absolute atomic E-state index is 0.0288. The molecule has 0 aliphatic rings. The first kappa shape index (κ1) is 55.6. The number of phosphoric acid groups is 1. The zero-order valence-electron chi connectivity index (χ0n) is 36.5. The molecule has 3 atom stereocenters. The predicted octanol–water partition coefficient (Wildman–Crippen LogP) is 12.7. The van der Waals surface area contributed by atoms with Crippen LogP contribution in [0.2, 0.25) is 0 Å². The lowest BCUT2D eigenvalue weighted by Gasteiger charge is -2.20. The van der Waals surface area contributed by atoms with Gasteiger partial charge in [-0.2, -0.15) is 0 Å². The highest BCUT2D eigenvalue weighted by Crippen LogP contribution is 2.43. The van der Waals surface area contributed by atoms with Gasteiger partial charge in [0.15, 0.2) is 0 Å². The summed E-state index contributed by atoms with van der Waals surface area (Å²) >= 11 is 0. The van der Waals surface area contributed by atoms with E-state index in [0.717, 1.165) is 96.3 Å². The Bertz CT molecular complexity index is 1170. The molecule has 3 unspecified atom stereocenters. The van der Waals surface area contributed by atoms with Crippen LogP contribution in [-0.4, -0.2) is 66.3 Å². The summed E-state index contributed by atoms with van der Waals surface area (Å²) in [5.74, 6) is -0.408. The molecular weight excluding hydrogens is 751 g/mol. The van der Waals surface area contributed by atoms with Gasteiger partial charge in [-0.3, -0.25) is 13.8 Å². The zero-order valence-corrected chi connectivity index (χ0v) is 37.4. The van der Waals surface area contributed by atoms with E-state index >= 15 is 0 Å². The topological polar surface area (TPSA) is 132 Å². The van der Waals surface area contributed by atoms with E-state index < -0.39 is 45.8 Å². The number of aliphatic hydroxyl groups is 2. The van der Waals surface area contributed by atoms with Crippen molar-refractivity contribution in [3.8, 4) is 0 Å². The summed E-state index contributed by atoms with van der Waals surface area (Å²) < 4.78 is 33.4. The number of ether oxygens (including phenoxy) is 2. The highest BCUT2D eigenvalue weighted by molar-refractivity contribution is 7.47.